The van der Waals surface area contributed by atoms with Crippen LogP contribution in [0.15, 0.2) is 54.2 Å². The number of aliphatic hydroxyl groups excluding tert-OH is 1. The summed E-state index contributed by atoms with van der Waals surface area (Å²) < 4.78 is 12.8. The summed E-state index contributed by atoms with van der Waals surface area (Å²) in [5, 5.41) is 11.5. The molecular formula is C27H31N3O5. The summed E-state index contributed by atoms with van der Waals surface area (Å²) in [7, 11) is 1.59. The van der Waals surface area contributed by atoms with Crippen molar-refractivity contribution in [1.29, 1.82) is 0 Å². The molecule has 0 spiro atoms. The molecule has 1 saturated heterocycles. The third kappa shape index (κ3) is 4.79. The number of amides is 1. The standard InChI is InChI=1S/C27H31N3O5/c1-4-5-16-35-20-11-8-10-19(17-20)24-22(26(32)27(33)30(24)14-9-15-34-3)25(31)23-18(2)28-21-12-6-7-13-29(21)23/h6-8,10-13,17,24,31H,4-5,9,14-16H2,1-3H3. The van der Waals surface area contributed by atoms with Crippen LogP contribution in [-0.4, -0.2) is 57.9 Å². The Bertz CT molecular complexity index is 1260. The SMILES string of the molecule is CCCCOc1cccc(C2C(=C(O)c3c(C)nc4ccccn34)C(=O)C(=O)N2CCCOC)c1. The number of aliphatic hydroxyl groups is 1. The van der Waals surface area contributed by atoms with E-state index in [9.17, 15) is 14.7 Å². The van der Waals surface area contributed by atoms with E-state index in [2.05, 4.69) is 11.9 Å². The van der Waals surface area contributed by atoms with Gasteiger partial charge < -0.3 is 19.5 Å². The summed E-state index contributed by atoms with van der Waals surface area (Å²) in [6, 6.07) is 12.1. The second kappa shape index (κ2) is 10.7. The smallest absolute Gasteiger partial charge is 0.295 e. The van der Waals surface area contributed by atoms with Gasteiger partial charge in [-0.05, 0) is 49.6 Å². The molecule has 1 aliphatic rings. The van der Waals surface area contributed by atoms with Crippen molar-refractivity contribution in [2.24, 2.45) is 0 Å². The molecule has 184 valence electrons. The van der Waals surface area contributed by atoms with Crippen LogP contribution in [0, 0.1) is 6.92 Å². The van der Waals surface area contributed by atoms with Gasteiger partial charge >= 0.3 is 0 Å². The number of fused-ring (bicyclic) bond motifs is 1. The van der Waals surface area contributed by atoms with Crippen LogP contribution in [0.4, 0.5) is 0 Å². The molecule has 35 heavy (non-hydrogen) atoms. The van der Waals surface area contributed by atoms with Gasteiger partial charge in [-0.2, -0.15) is 0 Å². The lowest BCUT2D eigenvalue weighted by molar-refractivity contribution is -0.140. The van der Waals surface area contributed by atoms with Crippen LogP contribution >= 0.6 is 0 Å². The Hall–Kier alpha value is -3.65. The fourth-order valence-corrected chi connectivity index (χ4v) is 4.47. The van der Waals surface area contributed by atoms with E-state index in [0.29, 0.717) is 54.5 Å². The second-order valence-electron chi connectivity index (χ2n) is 8.59. The van der Waals surface area contributed by atoms with E-state index in [1.165, 1.54) is 4.90 Å². The highest BCUT2D eigenvalue weighted by Gasteiger charge is 2.46. The zero-order valence-corrected chi connectivity index (χ0v) is 20.4. The average Bonchev–Trinajstić information content (AvgIpc) is 3.32. The molecule has 1 unspecified atom stereocenters. The van der Waals surface area contributed by atoms with Crippen LogP contribution in [-0.2, 0) is 14.3 Å². The van der Waals surface area contributed by atoms with Crippen molar-refractivity contribution in [2.75, 3.05) is 26.9 Å². The number of benzene rings is 1. The maximum Gasteiger partial charge on any atom is 0.295 e. The van der Waals surface area contributed by atoms with Crippen molar-refractivity contribution < 1.29 is 24.2 Å². The quantitative estimate of drug-likeness (QED) is 0.203. The number of unbranched alkanes of at least 4 members (excludes halogenated alkanes) is 1. The fraction of sp³-hybridized carbons (Fsp3) is 0.370. The lowest BCUT2D eigenvalue weighted by Crippen LogP contribution is -2.31. The number of rotatable bonds is 10. The molecule has 0 saturated carbocycles. The molecule has 1 aliphatic heterocycles. The molecule has 0 aliphatic carbocycles. The summed E-state index contributed by atoms with van der Waals surface area (Å²) >= 11 is 0. The Kier molecular flexibility index (Phi) is 7.51. The summed E-state index contributed by atoms with van der Waals surface area (Å²) in [5.74, 6) is -0.940. The molecule has 3 heterocycles. The minimum atomic E-state index is -0.754. The zero-order valence-electron chi connectivity index (χ0n) is 20.4. The summed E-state index contributed by atoms with van der Waals surface area (Å²) in [6.07, 6.45) is 4.27. The highest BCUT2D eigenvalue weighted by molar-refractivity contribution is 6.46. The number of hydrogen-bond donors (Lipinski definition) is 1. The van der Waals surface area contributed by atoms with Gasteiger partial charge in [0.2, 0.25) is 0 Å². The third-order valence-corrected chi connectivity index (χ3v) is 6.16. The summed E-state index contributed by atoms with van der Waals surface area (Å²) in [4.78, 5) is 32.5. The van der Waals surface area contributed by atoms with Crippen LogP contribution < -0.4 is 4.74 Å². The molecular weight excluding hydrogens is 446 g/mol. The zero-order chi connectivity index (χ0) is 24.9. The van der Waals surface area contributed by atoms with Crippen LogP contribution in [0.25, 0.3) is 11.4 Å². The first-order valence-electron chi connectivity index (χ1n) is 11.9. The fourth-order valence-electron chi connectivity index (χ4n) is 4.47. The number of ether oxygens (including phenoxy) is 2. The Labute approximate surface area is 204 Å². The predicted octanol–water partition coefficient (Wildman–Crippen LogP) is 4.28. The maximum absolute atomic E-state index is 13.3. The van der Waals surface area contributed by atoms with E-state index in [0.717, 1.165) is 12.8 Å². The minimum absolute atomic E-state index is 0.0480. The van der Waals surface area contributed by atoms with Crippen LogP contribution in [0.1, 0.15) is 49.2 Å². The topological polar surface area (TPSA) is 93.4 Å². The number of imidazole rings is 1. The average molecular weight is 478 g/mol. The minimum Gasteiger partial charge on any atom is -0.505 e. The third-order valence-electron chi connectivity index (χ3n) is 6.16. The van der Waals surface area contributed by atoms with E-state index in [1.54, 1.807) is 24.6 Å². The number of carbonyl (C=O) groups is 2. The van der Waals surface area contributed by atoms with Gasteiger partial charge in [-0.25, -0.2) is 4.98 Å². The van der Waals surface area contributed by atoms with Gasteiger partial charge in [0, 0.05) is 26.5 Å². The molecule has 3 aromatic rings. The molecule has 1 aromatic carbocycles. The van der Waals surface area contributed by atoms with Crippen molar-refractivity contribution in [3.63, 3.8) is 0 Å². The largest absolute Gasteiger partial charge is 0.505 e. The summed E-state index contributed by atoms with van der Waals surface area (Å²) in [5.41, 5.74) is 2.35. The highest BCUT2D eigenvalue weighted by Crippen LogP contribution is 2.40. The second-order valence-corrected chi connectivity index (χ2v) is 8.59. The van der Waals surface area contributed by atoms with Gasteiger partial charge in [0.25, 0.3) is 11.7 Å². The molecule has 0 bridgehead atoms. The molecule has 1 atom stereocenters. The number of likely N-dealkylation sites (tertiary alicyclic amines) is 1. The molecule has 1 amide bonds. The van der Waals surface area contributed by atoms with Crippen LogP contribution in [0.2, 0.25) is 0 Å². The maximum atomic E-state index is 13.3. The van der Waals surface area contributed by atoms with Gasteiger partial charge in [0.1, 0.15) is 17.1 Å². The number of methoxy groups -OCH3 is 1. The monoisotopic (exact) mass is 477 g/mol. The van der Waals surface area contributed by atoms with Crippen LogP contribution in [0.5, 0.6) is 5.75 Å². The Balaban J connectivity index is 1.84. The van der Waals surface area contributed by atoms with Gasteiger partial charge in [-0.3, -0.25) is 14.0 Å². The van der Waals surface area contributed by atoms with Crippen molar-refractivity contribution >= 4 is 23.1 Å². The van der Waals surface area contributed by atoms with Crippen molar-refractivity contribution in [3.8, 4) is 5.75 Å². The van der Waals surface area contributed by atoms with E-state index in [1.807, 2.05) is 42.5 Å². The lowest BCUT2D eigenvalue weighted by atomic mass is 9.96. The van der Waals surface area contributed by atoms with Crippen molar-refractivity contribution in [3.05, 3.63) is 71.2 Å². The molecule has 0 radical (unpaired) electrons. The van der Waals surface area contributed by atoms with Crippen molar-refractivity contribution in [1.82, 2.24) is 14.3 Å². The number of carbonyl (C=O) groups excluding carboxylic acids is 2. The number of aromatic nitrogens is 2. The number of ketones is 1. The first-order valence-corrected chi connectivity index (χ1v) is 11.9. The first kappa shape index (κ1) is 24.5. The number of nitrogens with zero attached hydrogens (tertiary/aromatic N) is 3. The molecule has 1 N–H and O–H groups in total. The molecule has 2 aromatic heterocycles. The Morgan fingerprint density at radius 3 is 2.71 bits per heavy atom. The van der Waals surface area contributed by atoms with Crippen molar-refractivity contribution in [2.45, 2.75) is 39.2 Å². The molecule has 4 rings (SSSR count). The lowest BCUT2D eigenvalue weighted by Gasteiger charge is -2.25. The van der Waals surface area contributed by atoms with Crippen LogP contribution in [0.3, 0.4) is 0 Å². The van der Waals surface area contributed by atoms with Gasteiger partial charge in [-0.1, -0.05) is 31.5 Å². The predicted molar refractivity (Wildman–Crippen MR) is 132 cm³/mol. The van der Waals surface area contributed by atoms with E-state index in [4.69, 9.17) is 9.47 Å². The molecule has 1 fully saturated rings. The Morgan fingerprint density at radius 2 is 1.94 bits per heavy atom. The van der Waals surface area contributed by atoms with Gasteiger partial charge in [0.05, 0.1) is 23.9 Å². The van der Waals surface area contributed by atoms with E-state index in [-0.39, 0.29) is 11.3 Å². The van der Waals surface area contributed by atoms with Gasteiger partial charge in [-0.15, -0.1) is 0 Å². The van der Waals surface area contributed by atoms with Gasteiger partial charge in [0.15, 0.2) is 5.76 Å². The normalized spacial score (nSPS) is 17.5. The number of aryl methyl sites for hydroxylation is 1. The number of pyridine rings is 1. The highest BCUT2D eigenvalue weighted by atomic mass is 16.5. The molecule has 8 heteroatoms. The molecule has 8 nitrogen and oxygen atoms in total. The number of Topliss-reactive ketones (excluding diaryl/α,β-unsaturated/α-hetero) is 1. The summed E-state index contributed by atoms with van der Waals surface area (Å²) in [6.45, 7) is 5.20. The number of hydrogen-bond acceptors (Lipinski definition) is 6. The first-order chi connectivity index (χ1) is 17.0. The van der Waals surface area contributed by atoms with E-state index >= 15 is 0 Å². The van der Waals surface area contributed by atoms with E-state index < -0.39 is 17.7 Å². The Morgan fingerprint density at radius 1 is 1.11 bits per heavy atom.